The van der Waals surface area contributed by atoms with E-state index in [1.807, 2.05) is 0 Å². The van der Waals surface area contributed by atoms with Crippen molar-refractivity contribution in [3.05, 3.63) is 25.3 Å². The Hall–Kier alpha value is -2.44. The summed E-state index contributed by atoms with van der Waals surface area (Å²) in [5.41, 5.74) is 0. The molecule has 0 radical (unpaired) electrons. The van der Waals surface area contributed by atoms with Gasteiger partial charge in [-0.05, 0) is 12.8 Å². The van der Waals surface area contributed by atoms with Crippen molar-refractivity contribution >= 4 is 23.7 Å². The van der Waals surface area contributed by atoms with E-state index in [9.17, 15) is 19.2 Å². The summed E-state index contributed by atoms with van der Waals surface area (Å²) in [6.07, 6.45) is 4.68. The van der Waals surface area contributed by atoms with Crippen molar-refractivity contribution in [2.24, 2.45) is 0 Å². The summed E-state index contributed by atoms with van der Waals surface area (Å²) >= 11 is 0. The van der Waals surface area contributed by atoms with Crippen molar-refractivity contribution in [3.8, 4) is 0 Å². The fourth-order valence-electron chi connectivity index (χ4n) is 1.50. The molecule has 23 heavy (non-hydrogen) atoms. The summed E-state index contributed by atoms with van der Waals surface area (Å²) < 4.78 is 13.9. The lowest BCUT2D eigenvalue weighted by atomic mass is 10.1. The highest BCUT2D eigenvalue weighted by molar-refractivity contribution is 5.82. The van der Waals surface area contributed by atoms with Gasteiger partial charge in [-0.3, -0.25) is 9.59 Å². The van der Waals surface area contributed by atoms with E-state index in [-0.39, 0.29) is 25.2 Å². The van der Waals surface area contributed by atoms with Crippen molar-refractivity contribution < 1.29 is 33.4 Å². The van der Waals surface area contributed by atoms with E-state index in [1.165, 1.54) is 0 Å². The van der Waals surface area contributed by atoms with E-state index in [0.717, 1.165) is 12.2 Å². The van der Waals surface area contributed by atoms with Crippen molar-refractivity contribution in [2.45, 2.75) is 38.5 Å². The second kappa shape index (κ2) is 13.2. The van der Waals surface area contributed by atoms with Crippen molar-refractivity contribution in [2.75, 3.05) is 13.4 Å². The fourth-order valence-corrected chi connectivity index (χ4v) is 1.50. The smallest absolute Gasteiger partial charge is 0.333 e. The molecule has 7 heteroatoms. The van der Waals surface area contributed by atoms with Crippen LogP contribution < -0.4 is 0 Å². The molecule has 0 fully saturated rings. The number of hydrogen-bond acceptors (Lipinski definition) is 7. The Bertz CT molecular complexity index is 400. The zero-order valence-corrected chi connectivity index (χ0v) is 13.1. The molecule has 0 atom stereocenters. The summed E-state index contributed by atoms with van der Waals surface area (Å²) in [7, 11) is 0. The minimum Gasteiger partial charge on any atom is -0.462 e. The number of esters is 3. The standard InChI is InChI=1S/C16H22O7/c1-3-14(18)21-11-10-13(17)8-6-5-7-9-16(20)23-12-22-15(19)4-2/h3-4H,1-2,5-12H2. The van der Waals surface area contributed by atoms with Crippen molar-refractivity contribution in [3.63, 3.8) is 0 Å². The third-order valence-corrected chi connectivity index (χ3v) is 2.72. The van der Waals surface area contributed by atoms with Gasteiger partial charge < -0.3 is 14.2 Å². The third kappa shape index (κ3) is 13.0. The van der Waals surface area contributed by atoms with E-state index in [4.69, 9.17) is 4.74 Å². The highest BCUT2D eigenvalue weighted by atomic mass is 16.7. The first kappa shape index (κ1) is 20.6. The summed E-state index contributed by atoms with van der Waals surface area (Å²) in [6.45, 7) is 6.08. The summed E-state index contributed by atoms with van der Waals surface area (Å²) in [4.78, 5) is 44.2. The molecular formula is C16H22O7. The minimum atomic E-state index is -0.657. The molecule has 0 aliphatic rings. The fraction of sp³-hybridized carbons (Fsp3) is 0.500. The topological polar surface area (TPSA) is 96.0 Å². The number of ether oxygens (including phenoxy) is 3. The predicted octanol–water partition coefficient (Wildman–Crippen LogP) is 1.86. The predicted molar refractivity (Wildman–Crippen MR) is 81.1 cm³/mol. The van der Waals surface area contributed by atoms with Crippen molar-refractivity contribution in [1.29, 1.82) is 0 Å². The van der Waals surface area contributed by atoms with Gasteiger partial charge in [0.15, 0.2) is 0 Å². The molecule has 0 spiro atoms. The van der Waals surface area contributed by atoms with Gasteiger partial charge in [-0.25, -0.2) is 9.59 Å². The van der Waals surface area contributed by atoms with Crippen LogP contribution in [-0.2, 0) is 33.4 Å². The van der Waals surface area contributed by atoms with Gasteiger partial charge >= 0.3 is 17.9 Å². The molecule has 0 aliphatic carbocycles. The first-order chi connectivity index (χ1) is 11.0. The number of Topliss-reactive ketones (excluding diaryl/α,β-unsaturated/α-hetero) is 1. The SMILES string of the molecule is C=CC(=O)OCCC(=O)CCCCCC(=O)OCOC(=O)C=C. The molecule has 0 N–H and O–H groups in total. The van der Waals surface area contributed by atoms with Gasteiger partial charge in [0.05, 0.1) is 6.61 Å². The molecule has 7 nitrogen and oxygen atoms in total. The molecule has 0 heterocycles. The van der Waals surface area contributed by atoms with E-state index >= 15 is 0 Å². The largest absolute Gasteiger partial charge is 0.462 e. The van der Waals surface area contributed by atoms with Crippen LogP contribution in [0.25, 0.3) is 0 Å². The van der Waals surface area contributed by atoms with Crippen LogP contribution in [0, 0.1) is 0 Å². The molecule has 0 aromatic heterocycles. The molecule has 0 aromatic rings. The summed E-state index contributed by atoms with van der Waals surface area (Å²) in [6, 6.07) is 0. The van der Waals surface area contributed by atoms with E-state index in [0.29, 0.717) is 25.7 Å². The van der Waals surface area contributed by atoms with Gasteiger partial charge in [0, 0.05) is 31.4 Å². The van der Waals surface area contributed by atoms with Gasteiger partial charge in [-0.15, -0.1) is 0 Å². The molecule has 0 saturated carbocycles. The van der Waals surface area contributed by atoms with Crippen LogP contribution in [0.3, 0.4) is 0 Å². The molecule has 0 bridgehead atoms. The number of rotatable bonds is 13. The Labute approximate surface area is 135 Å². The van der Waals surface area contributed by atoms with Crippen LogP contribution in [0.15, 0.2) is 25.3 Å². The quantitative estimate of drug-likeness (QED) is 0.220. The minimum absolute atomic E-state index is 0.000719. The molecular weight excluding hydrogens is 304 g/mol. The Morgan fingerprint density at radius 2 is 1.35 bits per heavy atom. The molecule has 0 unspecified atom stereocenters. The van der Waals surface area contributed by atoms with E-state index < -0.39 is 24.7 Å². The van der Waals surface area contributed by atoms with Gasteiger partial charge in [-0.1, -0.05) is 19.6 Å². The van der Waals surface area contributed by atoms with Gasteiger partial charge in [0.1, 0.15) is 5.78 Å². The third-order valence-electron chi connectivity index (χ3n) is 2.72. The lowest BCUT2D eigenvalue weighted by Gasteiger charge is -2.05. The van der Waals surface area contributed by atoms with Gasteiger partial charge in [0.25, 0.3) is 0 Å². The van der Waals surface area contributed by atoms with Crippen LogP contribution in [0.5, 0.6) is 0 Å². The zero-order valence-electron chi connectivity index (χ0n) is 13.1. The monoisotopic (exact) mass is 326 g/mol. The molecule has 0 aromatic carbocycles. The lowest BCUT2D eigenvalue weighted by molar-refractivity contribution is -0.164. The average Bonchev–Trinajstić information content (AvgIpc) is 2.54. The van der Waals surface area contributed by atoms with Crippen LogP contribution in [0.4, 0.5) is 0 Å². The first-order valence-electron chi connectivity index (χ1n) is 7.25. The van der Waals surface area contributed by atoms with E-state index in [1.54, 1.807) is 0 Å². The normalized spacial score (nSPS) is 9.57. The second-order valence-corrected chi connectivity index (χ2v) is 4.52. The van der Waals surface area contributed by atoms with Crippen LogP contribution in [0.1, 0.15) is 38.5 Å². The number of carbonyl (C=O) groups excluding carboxylic acids is 4. The number of ketones is 1. The summed E-state index contributed by atoms with van der Waals surface area (Å²) in [5.74, 6) is -1.67. The molecule has 0 amide bonds. The van der Waals surface area contributed by atoms with Crippen molar-refractivity contribution in [1.82, 2.24) is 0 Å². The second-order valence-electron chi connectivity index (χ2n) is 4.52. The van der Waals surface area contributed by atoms with E-state index in [2.05, 4.69) is 22.6 Å². The highest BCUT2D eigenvalue weighted by Crippen LogP contribution is 2.06. The molecule has 0 saturated heterocycles. The maximum atomic E-state index is 11.5. The summed E-state index contributed by atoms with van der Waals surface area (Å²) in [5, 5.41) is 0. The number of carbonyl (C=O) groups is 4. The highest BCUT2D eigenvalue weighted by Gasteiger charge is 2.06. The molecule has 0 rings (SSSR count). The maximum absolute atomic E-state index is 11.5. The Morgan fingerprint density at radius 1 is 0.739 bits per heavy atom. The first-order valence-corrected chi connectivity index (χ1v) is 7.25. The average molecular weight is 326 g/mol. The van der Waals surface area contributed by atoms with Gasteiger partial charge in [-0.2, -0.15) is 0 Å². The Kier molecular flexibility index (Phi) is 11.8. The lowest BCUT2D eigenvalue weighted by Crippen LogP contribution is -2.11. The van der Waals surface area contributed by atoms with Crippen LogP contribution in [0.2, 0.25) is 0 Å². The number of unbranched alkanes of at least 4 members (excludes halogenated alkanes) is 2. The molecule has 0 aliphatic heterocycles. The van der Waals surface area contributed by atoms with Gasteiger partial charge in [0.2, 0.25) is 6.79 Å². The Balaban J connectivity index is 3.50. The van der Waals surface area contributed by atoms with Crippen LogP contribution >= 0.6 is 0 Å². The Morgan fingerprint density at radius 3 is 2.00 bits per heavy atom. The zero-order chi connectivity index (χ0) is 17.5. The molecule has 128 valence electrons. The maximum Gasteiger partial charge on any atom is 0.333 e. The van der Waals surface area contributed by atoms with Crippen LogP contribution in [-0.4, -0.2) is 37.1 Å². The number of hydrogen-bond donors (Lipinski definition) is 0.